The van der Waals surface area contributed by atoms with Gasteiger partial charge in [-0.2, -0.15) is 5.10 Å². The molecule has 1 aliphatic rings. The summed E-state index contributed by atoms with van der Waals surface area (Å²) in [6, 6.07) is 15.2. The fourth-order valence-corrected chi connectivity index (χ4v) is 5.05. The third kappa shape index (κ3) is 3.65. The molecule has 0 bridgehead atoms. The number of piperidine rings is 1. The monoisotopic (exact) mass is 414 g/mol. The van der Waals surface area contributed by atoms with Crippen molar-refractivity contribution < 1.29 is 0 Å². The molecule has 1 unspecified atom stereocenters. The molecule has 31 heavy (non-hydrogen) atoms. The number of aromatic nitrogens is 4. The zero-order chi connectivity index (χ0) is 21.4. The largest absolute Gasteiger partial charge is 0.383 e. The van der Waals surface area contributed by atoms with E-state index < -0.39 is 0 Å². The average molecular weight is 415 g/mol. The van der Waals surface area contributed by atoms with E-state index in [2.05, 4.69) is 75.9 Å². The Kier molecular flexibility index (Phi) is 5.32. The van der Waals surface area contributed by atoms with Crippen LogP contribution in [0, 0.1) is 5.92 Å². The minimum atomic E-state index is 0.275. The van der Waals surface area contributed by atoms with Crippen molar-refractivity contribution in [1.82, 2.24) is 24.6 Å². The van der Waals surface area contributed by atoms with Crippen LogP contribution in [0.2, 0.25) is 0 Å². The topological polar surface area (TPSA) is 72.9 Å². The van der Waals surface area contributed by atoms with Gasteiger partial charge in [-0.3, -0.25) is 0 Å². The number of nitrogens with two attached hydrogens (primary N) is 1. The summed E-state index contributed by atoms with van der Waals surface area (Å²) in [4.78, 5) is 11.4. The molecule has 6 nitrogen and oxygen atoms in total. The summed E-state index contributed by atoms with van der Waals surface area (Å²) in [5, 5.41) is 8.48. The Morgan fingerprint density at radius 3 is 2.65 bits per heavy atom. The number of nitrogens with zero attached hydrogens (tertiary/aromatic N) is 5. The minimum absolute atomic E-state index is 0.275. The molecule has 3 heterocycles. The molecule has 6 heteroatoms. The van der Waals surface area contributed by atoms with Crippen molar-refractivity contribution in [2.45, 2.75) is 39.2 Å². The fraction of sp³-hybridized carbons (Fsp3) is 0.400. The Hall–Kier alpha value is -2.99. The average Bonchev–Trinajstić information content (AvgIpc) is 3.18. The molecule has 160 valence electrons. The van der Waals surface area contributed by atoms with Gasteiger partial charge >= 0.3 is 0 Å². The highest BCUT2D eigenvalue weighted by molar-refractivity contribution is 5.90. The number of nitrogen functional groups attached to an aromatic ring is 1. The van der Waals surface area contributed by atoms with E-state index in [9.17, 15) is 0 Å². The Morgan fingerprint density at radius 1 is 1.06 bits per heavy atom. The van der Waals surface area contributed by atoms with Crippen LogP contribution in [-0.2, 0) is 6.42 Å². The minimum Gasteiger partial charge on any atom is -0.383 e. The van der Waals surface area contributed by atoms with Gasteiger partial charge in [0.1, 0.15) is 12.1 Å². The lowest BCUT2D eigenvalue weighted by atomic mass is 9.90. The number of benzene rings is 2. The highest BCUT2D eigenvalue weighted by Gasteiger charge is 2.28. The van der Waals surface area contributed by atoms with Crippen LogP contribution >= 0.6 is 0 Å². The van der Waals surface area contributed by atoms with Gasteiger partial charge in [-0.25, -0.2) is 14.6 Å². The number of fused-ring (bicyclic) bond motifs is 2. The van der Waals surface area contributed by atoms with Gasteiger partial charge in [0, 0.05) is 6.42 Å². The first-order chi connectivity index (χ1) is 15.2. The molecule has 4 aromatic rings. The van der Waals surface area contributed by atoms with E-state index in [0.29, 0.717) is 18.2 Å². The Morgan fingerprint density at radius 2 is 1.84 bits per heavy atom. The fourth-order valence-electron chi connectivity index (χ4n) is 5.05. The number of hydrogen-bond acceptors (Lipinski definition) is 5. The molecule has 1 aliphatic heterocycles. The Labute approximate surface area is 183 Å². The normalized spacial score (nSPS) is 16.8. The molecule has 0 aliphatic carbocycles. The highest BCUT2D eigenvalue weighted by Crippen LogP contribution is 2.33. The van der Waals surface area contributed by atoms with E-state index in [1.165, 1.54) is 29.2 Å². The van der Waals surface area contributed by atoms with E-state index in [-0.39, 0.29) is 6.04 Å². The summed E-state index contributed by atoms with van der Waals surface area (Å²) in [6.07, 6.45) is 4.65. The molecule has 0 spiro atoms. The summed E-state index contributed by atoms with van der Waals surface area (Å²) in [5.74, 6) is 1.10. The Balaban J connectivity index is 1.54. The third-order valence-corrected chi connectivity index (χ3v) is 6.98. The summed E-state index contributed by atoms with van der Waals surface area (Å²) in [7, 11) is 0. The third-order valence-electron chi connectivity index (χ3n) is 6.98. The van der Waals surface area contributed by atoms with Crippen molar-refractivity contribution in [3.05, 3.63) is 60.0 Å². The van der Waals surface area contributed by atoms with E-state index in [1.807, 2.05) is 0 Å². The van der Waals surface area contributed by atoms with Gasteiger partial charge in [-0.1, -0.05) is 49.4 Å². The summed E-state index contributed by atoms with van der Waals surface area (Å²) < 4.78 is 2.11. The van der Waals surface area contributed by atoms with Crippen LogP contribution < -0.4 is 5.73 Å². The van der Waals surface area contributed by atoms with Gasteiger partial charge in [0.2, 0.25) is 0 Å². The first-order valence-corrected chi connectivity index (χ1v) is 11.3. The molecule has 2 N–H and O–H groups in total. The molecule has 5 rings (SSSR count). The van der Waals surface area contributed by atoms with Gasteiger partial charge in [-0.15, -0.1) is 0 Å². The molecule has 0 radical (unpaired) electrons. The second-order valence-corrected chi connectivity index (χ2v) is 8.68. The SMILES string of the molecule is CCN1CCC(C(C)n2nc(Cc3cccc4ccccc34)c3c(N)ncnc32)CC1. The van der Waals surface area contributed by atoms with Crippen LogP contribution in [0.4, 0.5) is 5.82 Å². The second-order valence-electron chi connectivity index (χ2n) is 8.68. The summed E-state index contributed by atoms with van der Waals surface area (Å²) >= 11 is 0. The maximum Gasteiger partial charge on any atom is 0.163 e. The number of hydrogen-bond donors (Lipinski definition) is 1. The van der Waals surface area contributed by atoms with Crippen LogP contribution in [0.15, 0.2) is 48.8 Å². The molecule has 1 fully saturated rings. The number of anilines is 1. The Bertz CT molecular complexity index is 1200. The van der Waals surface area contributed by atoms with Crippen molar-refractivity contribution in [1.29, 1.82) is 0 Å². The van der Waals surface area contributed by atoms with Crippen LogP contribution in [-0.4, -0.2) is 44.3 Å². The number of rotatable bonds is 5. The van der Waals surface area contributed by atoms with Crippen LogP contribution in [0.1, 0.15) is 44.0 Å². The lowest BCUT2D eigenvalue weighted by Crippen LogP contribution is -2.36. The zero-order valence-electron chi connectivity index (χ0n) is 18.3. The van der Waals surface area contributed by atoms with Gasteiger partial charge in [-0.05, 0) is 61.7 Å². The van der Waals surface area contributed by atoms with Crippen LogP contribution in [0.5, 0.6) is 0 Å². The van der Waals surface area contributed by atoms with Crippen LogP contribution in [0.3, 0.4) is 0 Å². The van der Waals surface area contributed by atoms with E-state index >= 15 is 0 Å². The van der Waals surface area contributed by atoms with E-state index in [0.717, 1.165) is 36.4 Å². The van der Waals surface area contributed by atoms with E-state index in [4.69, 9.17) is 10.8 Å². The van der Waals surface area contributed by atoms with Crippen molar-refractivity contribution in [3.63, 3.8) is 0 Å². The maximum absolute atomic E-state index is 6.34. The smallest absolute Gasteiger partial charge is 0.163 e. The molecule has 0 amide bonds. The predicted molar refractivity (Wildman–Crippen MR) is 126 cm³/mol. The van der Waals surface area contributed by atoms with Crippen molar-refractivity contribution in [2.24, 2.45) is 5.92 Å². The lowest BCUT2D eigenvalue weighted by molar-refractivity contribution is 0.157. The molecular weight excluding hydrogens is 384 g/mol. The van der Waals surface area contributed by atoms with E-state index in [1.54, 1.807) is 6.33 Å². The second kappa shape index (κ2) is 8.27. The molecule has 2 aromatic heterocycles. The highest BCUT2D eigenvalue weighted by atomic mass is 15.3. The molecule has 1 atom stereocenters. The standard InChI is InChI=1S/C25H30N6/c1-3-30-13-11-18(12-14-30)17(2)31-25-23(24(26)27-16-28-25)22(29-31)15-20-9-6-8-19-7-4-5-10-21(19)20/h4-10,16-18H,3,11-15H2,1-2H3,(H2,26,27,28). The van der Waals surface area contributed by atoms with Gasteiger partial charge in [0.15, 0.2) is 5.65 Å². The first kappa shape index (κ1) is 19.9. The lowest BCUT2D eigenvalue weighted by Gasteiger charge is -2.34. The summed E-state index contributed by atoms with van der Waals surface area (Å²) in [5.41, 5.74) is 9.40. The van der Waals surface area contributed by atoms with Gasteiger partial charge in [0.05, 0.1) is 17.1 Å². The number of likely N-dealkylation sites (tertiary alicyclic amines) is 1. The molecule has 0 saturated carbocycles. The van der Waals surface area contributed by atoms with Crippen LogP contribution in [0.25, 0.3) is 21.8 Å². The summed E-state index contributed by atoms with van der Waals surface area (Å²) in [6.45, 7) is 7.96. The molecule has 2 aromatic carbocycles. The van der Waals surface area contributed by atoms with Gasteiger partial charge in [0.25, 0.3) is 0 Å². The maximum atomic E-state index is 6.34. The quantitative estimate of drug-likeness (QED) is 0.522. The van der Waals surface area contributed by atoms with Crippen molar-refractivity contribution in [2.75, 3.05) is 25.4 Å². The van der Waals surface area contributed by atoms with Gasteiger partial charge < -0.3 is 10.6 Å². The molecular formula is C25H30N6. The van der Waals surface area contributed by atoms with Crippen molar-refractivity contribution in [3.8, 4) is 0 Å². The zero-order valence-corrected chi connectivity index (χ0v) is 18.3. The van der Waals surface area contributed by atoms with Crippen molar-refractivity contribution >= 4 is 27.6 Å². The predicted octanol–water partition coefficient (Wildman–Crippen LogP) is 4.45. The molecule has 1 saturated heterocycles. The first-order valence-electron chi connectivity index (χ1n) is 11.3.